The van der Waals surface area contributed by atoms with Gasteiger partial charge in [0.15, 0.2) is 0 Å². The van der Waals surface area contributed by atoms with Gasteiger partial charge in [0.05, 0.1) is 25.7 Å². The number of anilines is 1. The second kappa shape index (κ2) is 8.35. The van der Waals surface area contributed by atoms with E-state index in [1.165, 1.54) is 25.6 Å². The van der Waals surface area contributed by atoms with E-state index in [0.717, 1.165) is 10.4 Å². The Morgan fingerprint density at radius 2 is 1.89 bits per heavy atom. The van der Waals surface area contributed by atoms with Gasteiger partial charge >= 0.3 is 11.9 Å². The number of hydrogen-bond acceptors (Lipinski definition) is 6. The van der Waals surface area contributed by atoms with Crippen LogP contribution in [0.2, 0.25) is 0 Å². The van der Waals surface area contributed by atoms with Gasteiger partial charge in [-0.2, -0.15) is 0 Å². The molecule has 1 aliphatic rings. The molecular weight excluding hydrogens is 366 g/mol. The molecule has 0 bridgehead atoms. The van der Waals surface area contributed by atoms with Crippen molar-refractivity contribution in [2.45, 2.75) is 31.6 Å². The summed E-state index contributed by atoms with van der Waals surface area (Å²) in [7, 11) is 2.62. The maximum Gasteiger partial charge on any atom is 0.341 e. The predicted octanol–water partition coefficient (Wildman–Crippen LogP) is 3.31. The first-order valence-electron chi connectivity index (χ1n) is 8.70. The summed E-state index contributed by atoms with van der Waals surface area (Å²) in [5, 5.41) is 3.27. The fraction of sp³-hybridized carbons (Fsp3) is 0.350. The van der Waals surface area contributed by atoms with Gasteiger partial charge in [0.2, 0.25) is 5.91 Å². The number of thiophene rings is 1. The maximum absolute atomic E-state index is 12.4. The molecule has 0 spiro atoms. The Bertz CT molecular complexity index is 859. The number of rotatable bonds is 6. The number of amides is 1. The Labute approximate surface area is 161 Å². The summed E-state index contributed by atoms with van der Waals surface area (Å²) in [6, 6.07) is 9.72. The number of hydrogen-bond donors (Lipinski definition) is 1. The standard InChI is InChI=1S/C20H21NO5S/c1-25-19(23)13-9-10-14-16(13)17(20(24)26-2)18(27-14)21-15(22)11-8-12-6-4-3-5-7-12/h3-7,13H,8-11H2,1-2H3,(H,21,22). The lowest BCUT2D eigenvalue weighted by atomic mass is 9.99. The van der Waals surface area contributed by atoms with Crippen molar-refractivity contribution in [3.63, 3.8) is 0 Å². The Hall–Kier alpha value is -2.67. The van der Waals surface area contributed by atoms with E-state index in [1.807, 2.05) is 30.3 Å². The first kappa shape index (κ1) is 19.1. The monoisotopic (exact) mass is 387 g/mol. The SMILES string of the molecule is COC(=O)c1c(NC(=O)CCc2ccccc2)sc2c1C(C(=O)OC)CC2. The van der Waals surface area contributed by atoms with E-state index in [9.17, 15) is 14.4 Å². The zero-order chi connectivity index (χ0) is 19.4. The average molecular weight is 387 g/mol. The molecule has 1 N–H and O–H groups in total. The van der Waals surface area contributed by atoms with Crippen molar-refractivity contribution in [2.75, 3.05) is 19.5 Å². The highest BCUT2D eigenvalue weighted by molar-refractivity contribution is 7.17. The van der Waals surface area contributed by atoms with Crippen LogP contribution in [-0.4, -0.2) is 32.1 Å². The number of fused-ring (bicyclic) bond motifs is 1. The Kier molecular flexibility index (Phi) is 5.91. The van der Waals surface area contributed by atoms with Crippen molar-refractivity contribution in [3.8, 4) is 0 Å². The number of nitrogens with one attached hydrogen (secondary N) is 1. The molecule has 2 aromatic rings. The normalized spacial score (nSPS) is 15.1. The van der Waals surface area contributed by atoms with Crippen LogP contribution in [0.5, 0.6) is 0 Å². The zero-order valence-electron chi connectivity index (χ0n) is 15.2. The van der Waals surface area contributed by atoms with Gasteiger partial charge < -0.3 is 14.8 Å². The van der Waals surface area contributed by atoms with Crippen molar-refractivity contribution in [1.82, 2.24) is 0 Å². The number of aryl methyl sites for hydroxylation is 2. The van der Waals surface area contributed by atoms with Gasteiger partial charge in [-0.15, -0.1) is 11.3 Å². The number of esters is 2. The maximum atomic E-state index is 12.4. The van der Waals surface area contributed by atoms with Crippen molar-refractivity contribution in [2.24, 2.45) is 0 Å². The van der Waals surface area contributed by atoms with Crippen LogP contribution in [0.4, 0.5) is 5.00 Å². The molecule has 0 radical (unpaired) electrons. The summed E-state index contributed by atoms with van der Waals surface area (Å²) >= 11 is 1.33. The third kappa shape index (κ3) is 4.03. The molecule has 1 aromatic carbocycles. The third-order valence-corrected chi connectivity index (χ3v) is 5.82. The van der Waals surface area contributed by atoms with Crippen molar-refractivity contribution >= 4 is 34.2 Å². The van der Waals surface area contributed by atoms with Gasteiger partial charge in [0.25, 0.3) is 0 Å². The van der Waals surface area contributed by atoms with E-state index in [1.54, 1.807) is 0 Å². The number of carbonyl (C=O) groups is 3. The minimum absolute atomic E-state index is 0.182. The zero-order valence-corrected chi connectivity index (χ0v) is 16.1. The van der Waals surface area contributed by atoms with E-state index < -0.39 is 11.9 Å². The highest BCUT2D eigenvalue weighted by Crippen LogP contribution is 2.45. The Morgan fingerprint density at radius 3 is 2.56 bits per heavy atom. The van der Waals surface area contributed by atoms with Crippen LogP contribution in [0.3, 0.4) is 0 Å². The van der Waals surface area contributed by atoms with Gasteiger partial charge in [-0.1, -0.05) is 30.3 Å². The fourth-order valence-corrected chi connectivity index (χ4v) is 4.61. The first-order valence-corrected chi connectivity index (χ1v) is 9.52. The summed E-state index contributed by atoms with van der Waals surface area (Å²) in [5.74, 6) is -1.61. The molecule has 1 aromatic heterocycles. The highest BCUT2D eigenvalue weighted by atomic mass is 32.1. The molecule has 0 saturated heterocycles. The van der Waals surface area contributed by atoms with Gasteiger partial charge in [0.1, 0.15) is 5.00 Å². The fourth-order valence-electron chi connectivity index (χ4n) is 3.33. The predicted molar refractivity (Wildman–Crippen MR) is 102 cm³/mol. The highest BCUT2D eigenvalue weighted by Gasteiger charge is 2.38. The van der Waals surface area contributed by atoms with E-state index >= 15 is 0 Å². The van der Waals surface area contributed by atoms with Crippen LogP contribution in [-0.2, 0) is 31.9 Å². The molecule has 1 aliphatic carbocycles. The minimum Gasteiger partial charge on any atom is -0.469 e. The topological polar surface area (TPSA) is 81.7 Å². The van der Waals surface area contributed by atoms with Gasteiger partial charge in [-0.3, -0.25) is 9.59 Å². The van der Waals surface area contributed by atoms with E-state index in [2.05, 4.69) is 5.32 Å². The van der Waals surface area contributed by atoms with Crippen molar-refractivity contribution < 1.29 is 23.9 Å². The van der Waals surface area contributed by atoms with E-state index in [4.69, 9.17) is 9.47 Å². The lowest BCUT2D eigenvalue weighted by molar-refractivity contribution is -0.142. The number of methoxy groups -OCH3 is 2. The smallest absolute Gasteiger partial charge is 0.341 e. The van der Waals surface area contributed by atoms with Crippen LogP contribution in [0, 0.1) is 0 Å². The molecule has 3 rings (SSSR count). The van der Waals surface area contributed by atoms with Crippen LogP contribution in [0.25, 0.3) is 0 Å². The molecule has 27 heavy (non-hydrogen) atoms. The van der Waals surface area contributed by atoms with Gasteiger partial charge in [-0.05, 0) is 30.4 Å². The average Bonchev–Trinajstić information content (AvgIpc) is 3.24. The number of benzene rings is 1. The van der Waals surface area contributed by atoms with Crippen LogP contribution in [0.1, 0.15) is 45.1 Å². The second-order valence-corrected chi connectivity index (χ2v) is 7.39. The Morgan fingerprint density at radius 1 is 1.15 bits per heavy atom. The van der Waals surface area contributed by atoms with Gasteiger partial charge in [0, 0.05) is 11.3 Å². The molecule has 7 heteroatoms. The molecule has 1 atom stereocenters. The number of carbonyl (C=O) groups excluding carboxylic acids is 3. The molecule has 1 amide bonds. The largest absolute Gasteiger partial charge is 0.469 e. The van der Waals surface area contributed by atoms with Crippen LogP contribution >= 0.6 is 11.3 Å². The van der Waals surface area contributed by atoms with Crippen molar-refractivity contribution in [3.05, 3.63) is 51.9 Å². The minimum atomic E-state index is -0.554. The summed E-state index contributed by atoms with van der Waals surface area (Å²) in [6.45, 7) is 0. The summed E-state index contributed by atoms with van der Waals surface area (Å²) in [6.07, 6.45) is 2.17. The third-order valence-electron chi connectivity index (χ3n) is 4.64. The van der Waals surface area contributed by atoms with Crippen LogP contribution in [0.15, 0.2) is 30.3 Å². The molecule has 0 aliphatic heterocycles. The van der Waals surface area contributed by atoms with E-state index in [0.29, 0.717) is 36.2 Å². The summed E-state index contributed by atoms with van der Waals surface area (Å²) < 4.78 is 9.76. The lowest BCUT2D eigenvalue weighted by Crippen LogP contribution is -2.17. The Balaban J connectivity index is 1.80. The molecule has 0 fully saturated rings. The quantitative estimate of drug-likeness (QED) is 0.769. The molecule has 1 heterocycles. The van der Waals surface area contributed by atoms with Crippen molar-refractivity contribution in [1.29, 1.82) is 0 Å². The first-order chi connectivity index (χ1) is 13.0. The molecule has 6 nitrogen and oxygen atoms in total. The van der Waals surface area contributed by atoms with Gasteiger partial charge in [-0.25, -0.2) is 4.79 Å². The summed E-state index contributed by atoms with van der Waals surface area (Å²) in [5.41, 5.74) is 1.98. The molecular formula is C20H21NO5S. The van der Waals surface area contributed by atoms with Crippen LogP contribution < -0.4 is 5.32 Å². The molecule has 1 unspecified atom stereocenters. The second-order valence-electron chi connectivity index (χ2n) is 6.28. The molecule has 0 saturated carbocycles. The van der Waals surface area contributed by atoms with E-state index in [-0.39, 0.29) is 17.4 Å². The molecule has 142 valence electrons. The number of ether oxygens (including phenoxy) is 2. The lowest BCUT2D eigenvalue weighted by Gasteiger charge is -2.11. The summed E-state index contributed by atoms with van der Waals surface area (Å²) in [4.78, 5) is 37.7.